The molecule has 0 saturated carbocycles. The number of fused-ring (bicyclic) bond motifs is 3. The number of ether oxygens (including phenoxy) is 1. The normalized spacial score (nSPS) is 22.4. The van der Waals surface area contributed by atoms with Crippen molar-refractivity contribution in [2.75, 3.05) is 0 Å². The Bertz CT molecular complexity index is 1230. The summed E-state index contributed by atoms with van der Waals surface area (Å²) in [6, 6.07) is 3.32. The highest BCUT2D eigenvalue weighted by Crippen LogP contribution is 2.56. The third kappa shape index (κ3) is 2.00. The maximum atomic E-state index is 13.1. The van der Waals surface area contributed by atoms with E-state index in [-0.39, 0.29) is 57.3 Å². The van der Waals surface area contributed by atoms with E-state index in [9.17, 15) is 30.3 Å². The van der Waals surface area contributed by atoms with Gasteiger partial charge in [0.05, 0.1) is 5.56 Å². The molecule has 5 N–H and O–H groups in total. The van der Waals surface area contributed by atoms with Crippen molar-refractivity contribution >= 4 is 11.0 Å². The van der Waals surface area contributed by atoms with E-state index in [0.29, 0.717) is 5.56 Å². The second kappa shape index (κ2) is 5.32. The predicted octanol–water partition coefficient (Wildman–Crippen LogP) is 2.27. The molecule has 28 heavy (non-hydrogen) atoms. The van der Waals surface area contributed by atoms with E-state index in [1.165, 1.54) is 6.07 Å². The number of phenolic OH excluding ortho intramolecular Hbond substituents is 4. The van der Waals surface area contributed by atoms with Gasteiger partial charge in [0, 0.05) is 41.2 Å². The molecule has 0 unspecified atom stereocenters. The summed E-state index contributed by atoms with van der Waals surface area (Å²) in [4.78, 5) is 13.1. The van der Waals surface area contributed by atoms with Gasteiger partial charge in [0.15, 0.2) is 16.9 Å². The Hall–Kier alpha value is -3.39. The highest BCUT2D eigenvalue weighted by atomic mass is 16.6. The minimum Gasteiger partial charge on any atom is -0.508 e. The molecule has 0 amide bonds. The molecule has 5 rings (SSSR count). The van der Waals surface area contributed by atoms with Crippen LogP contribution in [0.15, 0.2) is 27.4 Å². The summed E-state index contributed by atoms with van der Waals surface area (Å²) < 4.78 is 11.3. The van der Waals surface area contributed by atoms with Crippen LogP contribution in [-0.2, 0) is 6.42 Å². The van der Waals surface area contributed by atoms with Crippen LogP contribution in [0.25, 0.3) is 22.3 Å². The molecule has 1 aromatic heterocycles. The Labute approximate surface area is 157 Å². The largest absolute Gasteiger partial charge is 0.508 e. The van der Waals surface area contributed by atoms with Gasteiger partial charge in [-0.2, -0.15) is 0 Å². The minimum atomic E-state index is -1.19. The predicted molar refractivity (Wildman–Crippen MR) is 96.8 cm³/mol. The quantitative estimate of drug-likeness (QED) is 0.398. The van der Waals surface area contributed by atoms with Gasteiger partial charge < -0.3 is 34.7 Å². The lowest BCUT2D eigenvalue weighted by molar-refractivity contribution is -0.0785. The number of hydrogen-bond acceptors (Lipinski definition) is 8. The lowest BCUT2D eigenvalue weighted by Crippen LogP contribution is -2.37. The molecule has 8 nitrogen and oxygen atoms in total. The molecule has 2 aliphatic rings. The lowest BCUT2D eigenvalue weighted by Gasteiger charge is -2.39. The Morgan fingerprint density at radius 3 is 2.54 bits per heavy atom. The van der Waals surface area contributed by atoms with Crippen molar-refractivity contribution in [1.29, 1.82) is 0 Å². The van der Waals surface area contributed by atoms with E-state index in [2.05, 4.69) is 0 Å². The third-order valence-corrected chi connectivity index (χ3v) is 5.67. The van der Waals surface area contributed by atoms with E-state index in [0.717, 1.165) is 12.1 Å². The van der Waals surface area contributed by atoms with Crippen molar-refractivity contribution < 1.29 is 34.7 Å². The summed E-state index contributed by atoms with van der Waals surface area (Å²) in [5.41, 5.74) is 0.362. The number of aliphatic hydroxyl groups is 1. The Kier molecular flexibility index (Phi) is 3.19. The average molecular weight is 384 g/mol. The zero-order valence-corrected chi connectivity index (χ0v) is 14.6. The maximum Gasteiger partial charge on any atom is 0.200 e. The summed E-state index contributed by atoms with van der Waals surface area (Å²) in [5, 5.41) is 50.8. The van der Waals surface area contributed by atoms with Crippen molar-refractivity contribution in [3.05, 3.63) is 39.5 Å². The number of rotatable bonds is 0. The standard InChI is InChI=1S/C20H16O8/c1-6-8-4-9-17(25)15-10(22)2-7(21)3-13(15)27-18(9)16-11(23)5-12(24)19(14(8)16)28-20(6)26/h2-3,5-6,8,20-24,26H,4H2,1H3/t6-,8+,20+/m0/s1. The maximum absolute atomic E-state index is 13.1. The first kappa shape index (κ1) is 16.8. The molecular formula is C20H16O8. The van der Waals surface area contributed by atoms with Crippen molar-refractivity contribution in [3.8, 4) is 40.1 Å². The van der Waals surface area contributed by atoms with Gasteiger partial charge in [-0.05, 0) is 6.42 Å². The number of aliphatic hydroxyl groups excluding tert-OH is 1. The molecule has 0 bridgehead atoms. The van der Waals surface area contributed by atoms with E-state index >= 15 is 0 Å². The van der Waals surface area contributed by atoms with Gasteiger partial charge in [-0.25, -0.2) is 0 Å². The van der Waals surface area contributed by atoms with Gasteiger partial charge in [0.25, 0.3) is 0 Å². The average Bonchev–Trinajstić information content (AvgIpc) is 2.61. The fraction of sp³-hybridized carbons (Fsp3) is 0.250. The molecule has 0 radical (unpaired) electrons. The highest BCUT2D eigenvalue weighted by molar-refractivity contribution is 5.89. The molecular weight excluding hydrogens is 368 g/mol. The van der Waals surface area contributed by atoms with Gasteiger partial charge in [0.1, 0.15) is 34.0 Å². The van der Waals surface area contributed by atoms with Gasteiger partial charge in [-0.15, -0.1) is 0 Å². The lowest BCUT2D eigenvalue weighted by atomic mass is 9.73. The first-order valence-electron chi connectivity index (χ1n) is 8.73. The number of hydrogen-bond donors (Lipinski definition) is 5. The molecule has 0 saturated heterocycles. The van der Waals surface area contributed by atoms with Crippen LogP contribution in [-0.4, -0.2) is 31.8 Å². The van der Waals surface area contributed by atoms with Crippen LogP contribution in [0.1, 0.15) is 24.0 Å². The van der Waals surface area contributed by atoms with Gasteiger partial charge in [-0.3, -0.25) is 4.79 Å². The van der Waals surface area contributed by atoms with Crippen LogP contribution in [0.4, 0.5) is 0 Å². The van der Waals surface area contributed by atoms with Crippen molar-refractivity contribution in [3.63, 3.8) is 0 Å². The highest BCUT2D eigenvalue weighted by Gasteiger charge is 2.44. The Morgan fingerprint density at radius 1 is 1.04 bits per heavy atom. The van der Waals surface area contributed by atoms with E-state index < -0.39 is 29.3 Å². The van der Waals surface area contributed by atoms with E-state index in [1.807, 2.05) is 0 Å². The summed E-state index contributed by atoms with van der Waals surface area (Å²) in [5.74, 6) is -2.04. The number of aromatic hydroxyl groups is 4. The molecule has 3 aromatic rings. The second-order valence-electron chi connectivity index (χ2n) is 7.29. The number of phenols is 4. The summed E-state index contributed by atoms with van der Waals surface area (Å²) in [7, 11) is 0. The van der Waals surface area contributed by atoms with Gasteiger partial charge in [-0.1, -0.05) is 6.92 Å². The molecule has 144 valence electrons. The Morgan fingerprint density at radius 2 is 1.79 bits per heavy atom. The molecule has 2 aromatic carbocycles. The monoisotopic (exact) mass is 384 g/mol. The number of benzene rings is 2. The molecule has 8 heteroatoms. The molecule has 1 aliphatic heterocycles. The van der Waals surface area contributed by atoms with Gasteiger partial charge in [0.2, 0.25) is 6.29 Å². The van der Waals surface area contributed by atoms with Crippen LogP contribution in [0.2, 0.25) is 0 Å². The molecule has 3 atom stereocenters. The zero-order valence-electron chi connectivity index (χ0n) is 14.6. The first-order valence-corrected chi connectivity index (χ1v) is 8.73. The molecule has 1 aliphatic carbocycles. The van der Waals surface area contributed by atoms with Crippen LogP contribution in [0.5, 0.6) is 28.7 Å². The summed E-state index contributed by atoms with van der Waals surface area (Å²) in [6.45, 7) is 1.74. The zero-order chi connectivity index (χ0) is 19.9. The SMILES string of the molecule is C[C@@H]1[C@H](O)Oc2c(O)cc(O)c3c2[C@@H]1Cc1c-3oc2cc(O)cc(O)c2c1=O. The molecule has 0 fully saturated rings. The second-order valence-corrected chi connectivity index (χ2v) is 7.29. The van der Waals surface area contributed by atoms with Crippen molar-refractivity contribution in [1.82, 2.24) is 0 Å². The van der Waals surface area contributed by atoms with Crippen molar-refractivity contribution in [2.45, 2.75) is 25.6 Å². The van der Waals surface area contributed by atoms with Crippen LogP contribution < -0.4 is 10.2 Å². The van der Waals surface area contributed by atoms with Crippen LogP contribution in [0.3, 0.4) is 0 Å². The van der Waals surface area contributed by atoms with Crippen LogP contribution >= 0.6 is 0 Å². The fourth-order valence-corrected chi connectivity index (χ4v) is 4.28. The van der Waals surface area contributed by atoms with E-state index in [1.54, 1.807) is 6.92 Å². The molecule has 0 spiro atoms. The summed E-state index contributed by atoms with van der Waals surface area (Å²) >= 11 is 0. The van der Waals surface area contributed by atoms with Crippen LogP contribution in [0, 0.1) is 5.92 Å². The topological polar surface area (TPSA) is 141 Å². The fourth-order valence-electron chi connectivity index (χ4n) is 4.28. The minimum absolute atomic E-state index is 0.0364. The third-order valence-electron chi connectivity index (χ3n) is 5.67. The van der Waals surface area contributed by atoms with Gasteiger partial charge >= 0.3 is 0 Å². The molecule has 2 heterocycles. The smallest absolute Gasteiger partial charge is 0.200 e. The van der Waals surface area contributed by atoms with Crippen molar-refractivity contribution in [2.24, 2.45) is 5.92 Å². The van der Waals surface area contributed by atoms with E-state index in [4.69, 9.17) is 9.15 Å². The Balaban J connectivity index is 1.93. The summed E-state index contributed by atoms with van der Waals surface area (Å²) in [6.07, 6.45) is -1.03. The first-order chi connectivity index (χ1) is 13.3.